The Hall–Kier alpha value is -1.83. The molecule has 8 heteroatoms. The van der Waals surface area contributed by atoms with E-state index in [1.165, 1.54) is 0 Å². The molecule has 1 N–H and O–H groups in total. The second-order valence-electron chi connectivity index (χ2n) is 3.53. The Balaban J connectivity index is 2.43. The van der Waals surface area contributed by atoms with Gasteiger partial charge in [-0.05, 0) is 0 Å². The van der Waals surface area contributed by atoms with Crippen LogP contribution in [0.4, 0.5) is 17.6 Å². The molecular weight excluding hydrogens is 260 g/mol. The van der Waals surface area contributed by atoms with Gasteiger partial charge in [0.15, 0.2) is 17.4 Å². The fourth-order valence-corrected chi connectivity index (χ4v) is 1.27. The van der Waals surface area contributed by atoms with E-state index in [1.54, 1.807) is 0 Å². The Bertz CT molecular complexity index is 484. The van der Waals surface area contributed by atoms with Crippen molar-refractivity contribution >= 4 is 5.97 Å². The van der Waals surface area contributed by atoms with Crippen molar-refractivity contribution in [3.63, 3.8) is 0 Å². The highest BCUT2D eigenvalue weighted by molar-refractivity contribution is 5.88. The topological polar surface area (TPSA) is 59.1 Å². The minimum absolute atomic E-state index is 0.279. The lowest BCUT2D eigenvalue weighted by molar-refractivity contribution is 0.0682. The van der Waals surface area contributed by atoms with Crippen molar-refractivity contribution in [2.24, 2.45) is 0 Å². The second kappa shape index (κ2) is 4.45. The van der Waals surface area contributed by atoms with Gasteiger partial charge in [-0.1, -0.05) is 0 Å². The zero-order chi connectivity index (χ0) is 13.4. The molecule has 1 unspecified atom stereocenters. The molecular formula is C10H6F4O4. The van der Waals surface area contributed by atoms with Gasteiger partial charge in [0, 0.05) is 0 Å². The molecule has 0 aromatic heterocycles. The number of carboxylic acids is 1. The van der Waals surface area contributed by atoms with Crippen molar-refractivity contribution in [3.8, 4) is 5.75 Å². The Labute approximate surface area is 97.7 Å². The molecule has 1 aliphatic rings. The summed E-state index contributed by atoms with van der Waals surface area (Å²) >= 11 is 0. The zero-order valence-electron chi connectivity index (χ0n) is 8.68. The van der Waals surface area contributed by atoms with E-state index in [1.807, 2.05) is 0 Å². The van der Waals surface area contributed by atoms with Crippen molar-refractivity contribution in [1.29, 1.82) is 0 Å². The lowest BCUT2D eigenvalue weighted by atomic mass is 10.1. The van der Waals surface area contributed by atoms with Crippen molar-refractivity contribution in [2.75, 3.05) is 13.2 Å². The summed E-state index contributed by atoms with van der Waals surface area (Å²) in [7, 11) is 0. The Morgan fingerprint density at radius 3 is 2.11 bits per heavy atom. The number of ether oxygens (including phenoxy) is 2. The first-order valence-electron chi connectivity index (χ1n) is 4.77. The third-order valence-electron chi connectivity index (χ3n) is 2.25. The van der Waals surface area contributed by atoms with E-state index in [9.17, 15) is 22.4 Å². The highest BCUT2D eigenvalue weighted by Crippen LogP contribution is 2.30. The van der Waals surface area contributed by atoms with Crippen LogP contribution in [0.15, 0.2) is 0 Å². The Morgan fingerprint density at radius 2 is 1.72 bits per heavy atom. The van der Waals surface area contributed by atoms with Crippen LogP contribution in [0.5, 0.6) is 5.75 Å². The smallest absolute Gasteiger partial charge is 0.341 e. The number of halogens is 4. The molecule has 1 aromatic rings. The van der Waals surface area contributed by atoms with E-state index in [0.717, 1.165) is 0 Å². The maximum atomic E-state index is 13.3. The fraction of sp³-hybridized carbons (Fsp3) is 0.300. The maximum absolute atomic E-state index is 13.3. The average molecular weight is 266 g/mol. The second-order valence-corrected chi connectivity index (χ2v) is 3.53. The van der Waals surface area contributed by atoms with Gasteiger partial charge in [-0.15, -0.1) is 0 Å². The zero-order valence-corrected chi connectivity index (χ0v) is 8.68. The minimum Gasteiger partial charge on any atom is -0.485 e. The number of rotatable bonds is 4. The summed E-state index contributed by atoms with van der Waals surface area (Å²) in [5, 5.41) is 8.44. The summed E-state index contributed by atoms with van der Waals surface area (Å²) in [6.45, 7) is 0.0422. The first-order valence-corrected chi connectivity index (χ1v) is 4.77. The van der Waals surface area contributed by atoms with E-state index in [2.05, 4.69) is 9.47 Å². The summed E-state index contributed by atoms with van der Waals surface area (Å²) in [6, 6.07) is 0. The molecule has 1 aliphatic heterocycles. The molecule has 1 heterocycles. The molecule has 1 saturated heterocycles. The third-order valence-corrected chi connectivity index (χ3v) is 2.25. The minimum atomic E-state index is -2.11. The number of benzene rings is 1. The van der Waals surface area contributed by atoms with E-state index in [-0.39, 0.29) is 12.7 Å². The summed E-state index contributed by atoms with van der Waals surface area (Å²) < 4.78 is 62.3. The van der Waals surface area contributed by atoms with Gasteiger partial charge in [-0.3, -0.25) is 0 Å². The van der Waals surface area contributed by atoms with Gasteiger partial charge >= 0.3 is 5.97 Å². The van der Waals surface area contributed by atoms with Gasteiger partial charge in [0.2, 0.25) is 11.6 Å². The number of epoxide rings is 1. The molecule has 1 fully saturated rings. The van der Waals surface area contributed by atoms with Crippen LogP contribution in [-0.4, -0.2) is 30.4 Å². The average Bonchev–Trinajstić information content (AvgIpc) is 3.10. The molecule has 1 atom stereocenters. The summed E-state index contributed by atoms with van der Waals surface area (Å²) in [5.74, 6) is -11.2. The number of aromatic carboxylic acids is 1. The van der Waals surface area contributed by atoms with Crippen LogP contribution in [0, 0.1) is 23.3 Å². The largest absolute Gasteiger partial charge is 0.485 e. The molecule has 18 heavy (non-hydrogen) atoms. The first-order chi connectivity index (χ1) is 8.43. The van der Waals surface area contributed by atoms with Crippen LogP contribution >= 0.6 is 0 Å². The van der Waals surface area contributed by atoms with Gasteiger partial charge in [0.05, 0.1) is 6.61 Å². The summed E-state index contributed by atoms with van der Waals surface area (Å²) in [5.41, 5.74) is -1.69. The van der Waals surface area contributed by atoms with Crippen LogP contribution in [0.2, 0.25) is 0 Å². The number of hydrogen-bond acceptors (Lipinski definition) is 3. The fourth-order valence-electron chi connectivity index (χ4n) is 1.27. The van der Waals surface area contributed by atoms with Crippen LogP contribution in [-0.2, 0) is 4.74 Å². The van der Waals surface area contributed by atoms with Crippen LogP contribution in [0.1, 0.15) is 10.4 Å². The van der Waals surface area contributed by atoms with Gasteiger partial charge in [-0.25, -0.2) is 13.6 Å². The third kappa shape index (κ3) is 2.10. The molecule has 0 amide bonds. The van der Waals surface area contributed by atoms with E-state index in [0.29, 0.717) is 6.61 Å². The molecule has 0 saturated carbocycles. The number of hydrogen-bond donors (Lipinski definition) is 1. The van der Waals surface area contributed by atoms with Crippen LogP contribution in [0.25, 0.3) is 0 Å². The molecule has 4 nitrogen and oxygen atoms in total. The molecule has 0 bridgehead atoms. The molecule has 2 rings (SSSR count). The maximum Gasteiger partial charge on any atom is 0.341 e. The summed E-state index contributed by atoms with van der Waals surface area (Å²) in [4.78, 5) is 10.5. The van der Waals surface area contributed by atoms with Crippen molar-refractivity contribution < 1.29 is 36.9 Å². The SMILES string of the molecule is O=C(O)c1c(F)c(F)c(OCC2CO2)c(F)c1F. The Morgan fingerprint density at radius 1 is 1.22 bits per heavy atom. The number of carbonyl (C=O) groups is 1. The van der Waals surface area contributed by atoms with E-state index in [4.69, 9.17) is 5.11 Å². The lowest BCUT2D eigenvalue weighted by Crippen LogP contribution is -2.14. The van der Waals surface area contributed by atoms with Crippen molar-refractivity contribution in [3.05, 3.63) is 28.8 Å². The molecule has 0 radical (unpaired) electrons. The molecule has 0 aliphatic carbocycles. The van der Waals surface area contributed by atoms with Gasteiger partial charge in [0.1, 0.15) is 18.3 Å². The van der Waals surface area contributed by atoms with Crippen molar-refractivity contribution in [2.45, 2.75) is 6.10 Å². The normalized spacial score (nSPS) is 17.7. The predicted molar refractivity (Wildman–Crippen MR) is 48.5 cm³/mol. The number of carboxylic acid groups (broad SMARTS) is 1. The first kappa shape index (κ1) is 12.6. The van der Waals surface area contributed by atoms with Gasteiger partial charge in [0.25, 0.3) is 0 Å². The van der Waals surface area contributed by atoms with E-state index >= 15 is 0 Å². The quantitative estimate of drug-likeness (QED) is 0.512. The highest BCUT2D eigenvalue weighted by atomic mass is 19.2. The standard InChI is InChI=1S/C10H6F4O4/c11-5-4(10(15)16)6(12)8(14)9(7(5)13)18-2-3-1-17-3/h3H,1-2H2,(H,15,16). The molecule has 1 aromatic carbocycles. The van der Waals surface area contributed by atoms with Crippen LogP contribution < -0.4 is 4.74 Å². The van der Waals surface area contributed by atoms with E-state index < -0.39 is 40.6 Å². The lowest BCUT2D eigenvalue weighted by Gasteiger charge is -2.10. The van der Waals surface area contributed by atoms with Crippen LogP contribution in [0.3, 0.4) is 0 Å². The monoisotopic (exact) mass is 266 g/mol. The van der Waals surface area contributed by atoms with Crippen molar-refractivity contribution in [1.82, 2.24) is 0 Å². The highest BCUT2D eigenvalue weighted by Gasteiger charge is 2.32. The predicted octanol–water partition coefficient (Wildman–Crippen LogP) is 1.72. The van der Waals surface area contributed by atoms with Gasteiger partial charge < -0.3 is 14.6 Å². The summed E-state index contributed by atoms with van der Waals surface area (Å²) in [6.07, 6.45) is -0.380. The molecule has 0 spiro atoms. The Kier molecular flexibility index (Phi) is 3.12. The molecule has 98 valence electrons. The van der Waals surface area contributed by atoms with Gasteiger partial charge in [-0.2, -0.15) is 8.78 Å².